The Morgan fingerprint density at radius 3 is 2.55 bits per heavy atom. The van der Waals surface area contributed by atoms with Crippen molar-refractivity contribution in [2.75, 3.05) is 0 Å². The van der Waals surface area contributed by atoms with E-state index in [0.717, 1.165) is 11.8 Å². The molecule has 5 nitrogen and oxygen atoms in total. The van der Waals surface area contributed by atoms with E-state index >= 15 is 0 Å². The number of nitrogens with one attached hydrogen (secondary N) is 1. The van der Waals surface area contributed by atoms with Crippen LogP contribution in [0.4, 0.5) is 10.5 Å². The average molecular weight is 327 g/mol. The molecule has 0 spiro atoms. The Hall–Kier alpha value is -1.70. The summed E-state index contributed by atoms with van der Waals surface area (Å²) in [7, 11) is 0. The molecule has 0 aromatic heterocycles. The number of carbonyl (C=O) groups excluding carboxylic acids is 1. The fourth-order valence-corrected chi connectivity index (χ4v) is 2.76. The Bertz CT molecular complexity index is 653. The number of hydrogen-bond donors (Lipinski definition) is 1. The van der Waals surface area contributed by atoms with Crippen molar-refractivity contribution in [3.63, 3.8) is 0 Å². The number of non-ortho nitro benzene ring substituents is 1. The zero-order valence-corrected chi connectivity index (χ0v) is 12.2. The van der Waals surface area contributed by atoms with Gasteiger partial charge in [-0.15, -0.1) is 0 Å². The predicted molar refractivity (Wildman–Crippen MR) is 83.7 cm³/mol. The number of benzene rings is 1. The number of thiocarbonyl (C=S) groups is 1. The Balaban J connectivity index is 2.18. The van der Waals surface area contributed by atoms with E-state index in [1.807, 2.05) is 0 Å². The molecular formula is C12H7ClN2O3S2. The molecule has 1 heterocycles. The molecule has 0 unspecified atom stereocenters. The van der Waals surface area contributed by atoms with Gasteiger partial charge in [0.2, 0.25) is 0 Å². The van der Waals surface area contributed by atoms with Gasteiger partial charge in [0.15, 0.2) is 0 Å². The number of rotatable bonds is 3. The SMILES string of the molecule is O=C1NC(=S)/C(=C\C(Cl)=C\c2ccc([N+](=O)[O-])cc2)S1. The third-order valence-corrected chi connectivity index (χ3v) is 3.82. The molecule has 1 N–H and O–H groups in total. The zero-order valence-electron chi connectivity index (χ0n) is 9.83. The lowest BCUT2D eigenvalue weighted by atomic mass is 10.2. The van der Waals surface area contributed by atoms with E-state index in [1.165, 1.54) is 12.1 Å². The van der Waals surface area contributed by atoms with Crippen LogP contribution in [0.5, 0.6) is 0 Å². The van der Waals surface area contributed by atoms with Crippen LogP contribution in [0.15, 0.2) is 40.3 Å². The summed E-state index contributed by atoms with van der Waals surface area (Å²) in [5.41, 5.74) is 0.726. The summed E-state index contributed by atoms with van der Waals surface area (Å²) in [4.78, 5) is 22.1. The van der Waals surface area contributed by atoms with Crippen molar-refractivity contribution in [2.24, 2.45) is 0 Å². The number of thioether (sulfide) groups is 1. The van der Waals surface area contributed by atoms with Crippen molar-refractivity contribution in [1.82, 2.24) is 5.32 Å². The topological polar surface area (TPSA) is 72.2 Å². The number of allylic oxidation sites excluding steroid dienone is 2. The minimum atomic E-state index is -0.470. The van der Waals surface area contributed by atoms with Gasteiger partial charge in [-0.2, -0.15) is 0 Å². The lowest BCUT2D eigenvalue weighted by molar-refractivity contribution is -0.384. The Kier molecular flexibility index (Phi) is 4.53. The highest BCUT2D eigenvalue weighted by molar-refractivity contribution is 8.19. The number of halogens is 1. The highest BCUT2D eigenvalue weighted by Gasteiger charge is 2.21. The smallest absolute Gasteiger partial charge is 0.289 e. The first kappa shape index (κ1) is 14.7. The third kappa shape index (κ3) is 3.66. The molecule has 1 saturated heterocycles. The third-order valence-electron chi connectivity index (χ3n) is 2.32. The van der Waals surface area contributed by atoms with Crippen LogP contribution in [0.1, 0.15) is 5.56 Å². The lowest BCUT2D eigenvalue weighted by Crippen LogP contribution is -2.15. The number of nitro groups is 1. The first-order valence-corrected chi connectivity index (χ1v) is 6.92. The maximum atomic E-state index is 11.1. The summed E-state index contributed by atoms with van der Waals surface area (Å²) in [6.45, 7) is 0. The van der Waals surface area contributed by atoms with Gasteiger partial charge in [-0.3, -0.25) is 14.9 Å². The summed E-state index contributed by atoms with van der Waals surface area (Å²) < 4.78 is 0. The Morgan fingerprint density at radius 1 is 1.40 bits per heavy atom. The van der Waals surface area contributed by atoms with Crippen molar-refractivity contribution < 1.29 is 9.72 Å². The molecule has 1 aromatic rings. The zero-order chi connectivity index (χ0) is 14.7. The monoisotopic (exact) mass is 326 g/mol. The van der Waals surface area contributed by atoms with E-state index in [-0.39, 0.29) is 10.9 Å². The molecule has 20 heavy (non-hydrogen) atoms. The van der Waals surface area contributed by atoms with Gasteiger partial charge in [0.1, 0.15) is 4.99 Å². The molecule has 0 radical (unpaired) electrons. The quantitative estimate of drug-likeness (QED) is 0.395. The molecular weight excluding hydrogens is 320 g/mol. The van der Waals surface area contributed by atoms with Crippen LogP contribution in [0.3, 0.4) is 0 Å². The van der Waals surface area contributed by atoms with Crippen LogP contribution in [-0.2, 0) is 0 Å². The Morgan fingerprint density at radius 2 is 2.05 bits per heavy atom. The summed E-state index contributed by atoms with van der Waals surface area (Å²) >= 11 is 12.0. The largest absolute Gasteiger partial charge is 0.307 e. The average Bonchev–Trinajstić information content (AvgIpc) is 2.68. The van der Waals surface area contributed by atoms with E-state index < -0.39 is 4.92 Å². The molecule has 1 aliphatic heterocycles. The van der Waals surface area contributed by atoms with E-state index in [0.29, 0.717) is 20.5 Å². The molecule has 102 valence electrons. The minimum absolute atomic E-state index is 0.0129. The normalized spacial score (nSPS) is 17.4. The second-order valence-corrected chi connectivity index (χ2v) is 5.59. The molecule has 1 fully saturated rings. The van der Waals surface area contributed by atoms with Gasteiger partial charge in [0.25, 0.3) is 10.9 Å². The fraction of sp³-hybridized carbons (Fsp3) is 0. The number of hydrogen-bond acceptors (Lipinski definition) is 5. The van der Waals surface area contributed by atoms with Gasteiger partial charge in [0, 0.05) is 17.2 Å². The molecule has 1 aliphatic rings. The molecule has 1 aromatic carbocycles. The fourth-order valence-electron chi connectivity index (χ4n) is 1.44. The standard InChI is InChI=1S/C12H7ClN2O3S2/c13-8(6-10-11(19)14-12(16)20-10)5-7-1-3-9(4-2-7)15(17)18/h1-6H,(H,14,16,19)/b8-5-,10-6+. The predicted octanol–water partition coefficient (Wildman–Crippen LogP) is 3.84. The molecule has 0 saturated carbocycles. The van der Waals surface area contributed by atoms with Crippen molar-refractivity contribution in [2.45, 2.75) is 0 Å². The summed E-state index contributed by atoms with van der Waals surface area (Å²) in [6.07, 6.45) is 3.21. The van der Waals surface area contributed by atoms with Crippen LogP contribution in [0.25, 0.3) is 6.08 Å². The van der Waals surface area contributed by atoms with Gasteiger partial charge in [0.05, 0.1) is 9.83 Å². The minimum Gasteiger partial charge on any atom is -0.307 e. The van der Waals surface area contributed by atoms with Gasteiger partial charge >= 0.3 is 0 Å². The molecule has 0 bridgehead atoms. The summed E-state index contributed by atoms with van der Waals surface area (Å²) in [6, 6.07) is 5.96. The second kappa shape index (κ2) is 6.17. The van der Waals surface area contributed by atoms with E-state index in [1.54, 1.807) is 24.3 Å². The maximum absolute atomic E-state index is 11.1. The maximum Gasteiger partial charge on any atom is 0.289 e. The number of nitro benzene ring substituents is 1. The summed E-state index contributed by atoms with van der Waals surface area (Å²) in [5, 5.41) is 13.2. The molecule has 0 atom stereocenters. The Labute approximate surface area is 128 Å². The van der Waals surface area contributed by atoms with Crippen LogP contribution >= 0.6 is 35.6 Å². The summed E-state index contributed by atoms with van der Waals surface area (Å²) in [5.74, 6) is 0. The van der Waals surface area contributed by atoms with Gasteiger partial charge < -0.3 is 5.32 Å². The van der Waals surface area contributed by atoms with Crippen molar-refractivity contribution in [3.05, 3.63) is 56.0 Å². The van der Waals surface area contributed by atoms with Crippen LogP contribution in [-0.4, -0.2) is 15.2 Å². The van der Waals surface area contributed by atoms with Crippen molar-refractivity contribution in [3.8, 4) is 0 Å². The molecule has 8 heteroatoms. The first-order chi connectivity index (χ1) is 9.45. The molecule has 2 rings (SSSR count). The van der Waals surface area contributed by atoms with E-state index in [9.17, 15) is 14.9 Å². The second-order valence-electron chi connectivity index (χ2n) is 3.73. The highest BCUT2D eigenvalue weighted by atomic mass is 35.5. The molecule has 1 amide bonds. The van der Waals surface area contributed by atoms with Gasteiger partial charge in [-0.05, 0) is 41.6 Å². The first-order valence-electron chi connectivity index (χ1n) is 5.32. The van der Waals surface area contributed by atoms with E-state index in [2.05, 4.69) is 5.32 Å². The van der Waals surface area contributed by atoms with E-state index in [4.69, 9.17) is 23.8 Å². The lowest BCUT2D eigenvalue weighted by Gasteiger charge is -1.96. The van der Waals surface area contributed by atoms with Crippen molar-refractivity contribution in [1.29, 1.82) is 0 Å². The van der Waals surface area contributed by atoms with Gasteiger partial charge in [-0.25, -0.2) is 0 Å². The van der Waals surface area contributed by atoms with Crippen LogP contribution in [0, 0.1) is 10.1 Å². The number of amides is 1. The van der Waals surface area contributed by atoms with Crippen molar-refractivity contribution >= 4 is 57.6 Å². The highest BCUT2D eigenvalue weighted by Crippen LogP contribution is 2.27. The number of nitrogens with zero attached hydrogens (tertiary/aromatic N) is 1. The number of carbonyl (C=O) groups is 1. The molecule has 0 aliphatic carbocycles. The van der Waals surface area contributed by atoms with Crippen LogP contribution < -0.4 is 5.32 Å². The van der Waals surface area contributed by atoms with Gasteiger partial charge in [-0.1, -0.05) is 23.8 Å². The van der Waals surface area contributed by atoms with Crippen LogP contribution in [0.2, 0.25) is 0 Å².